The van der Waals surface area contributed by atoms with Crippen LogP contribution in [0.4, 0.5) is 0 Å². The van der Waals surface area contributed by atoms with Gasteiger partial charge >= 0.3 is 0 Å². The average molecular weight is 393 g/mol. The number of amides is 1. The van der Waals surface area contributed by atoms with Gasteiger partial charge in [-0.25, -0.2) is 9.97 Å². The lowest BCUT2D eigenvalue weighted by Crippen LogP contribution is -2.42. The van der Waals surface area contributed by atoms with Gasteiger partial charge in [0, 0.05) is 31.7 Å². The van der Waals surface area contributed by atoms with Crippen molar-refractivity contribution in [3.05, 3.63) is 59.2 Å². The van der Waals surface area contributed by atoms with Gasteiger partial charge in [-0.15, -0.1) is 0 Å². The topological polar surface area (TPSA) is 49.3 Å². The van der Waals surface area contributed by atoms with Crippen LogP contribution in [0.15, 0.2) is 36.5 Å². The molecule has 154 valence electrons. The molecule has 1 aliphatic carbocycles. The van der Waals surface area contributed by atoms with Crippen molar-refractivity contribution in [2.24, 2.45) is 5.92 Å². The second kappa shape index (κ2) is 9.04. The Balaban J connectivity index is 1.50. The molecule has 0 spiro atoms. The van der Waals surface area contributed by atoms with E-state index in [9.17, 15) is 4.79 Å². The number of carbonyl (C=O) groups excluding carboxylic acids is 1. The number of carbonyl (C=O) groups is 1. The lowest BCUT2D eigenvalue weighted by atomic mass is 9.97. The van der Waals surface area contributed by atoms with Crippen molar-refractivity contribution in [3.63, 3.8) is 0 Å². The van der Waals surface area contributed by atoms with Gasteiger partial charge in [0.05, 0.1) is 11.3 Å². The Morgan fingerprint density at radius 3 is 2.69 bits per heavy atom. The van der Waals surface area contributed by atoms with Crippen LogP contribution < -0.4 is 0 Å². The summed E-state index contributed by atoms with van der Waals surface area (Å²) < 4.78 is 0. The minimum absolute atomic E-state index is 0.0778. The first-order chi connectivity index (χ1) is 14.1. The number of likely N-dealkylation sites (tertiary alicyclic amines) is 1. The molecule has 0 bridgehead atoms. The van der Waals surface area contributed by atoms with Crippen LogP contribution in [0, 0.1) is 12.8 Å². The second-order valence-electron chi connectivity index (χ2n) is 8.76. The zero-order valence-corrected chi connectivity index (χ0v) is 17.7. The van der Waals surface area contributed by atoms with Crippen LogP contribution in [0.25, 0.3) is 0 Å². The van der Waals surface area contributed by atoms with Crippen LogP contribution in [-0.2, 0) is 6.42 Å². The number of piperidine rings is 1. The number of benzene rings is 1. The summed E-state index contributed by atoms with van der Waals surface area (Å²) in [6, 6.07) is 10.4. The van der Waals surface area contributed by atoms with Crippen molar-refractivity contribution in [2.75, 3.05) is 33.2 Å². The predicted octanol–water partition coefficient (Wildman–Crippen LogP) is 3.69. The SMILES string of the molecule is Cc1nc(C2CC2)ncc1C(=O)N(CCc1ccccc1)C[C@@H]1CCCN(C)C1. The van der Waals surface area contributed by atoms with Gasteiger partial charge in [0.25, 0.3) is 5.91 Å². The third kappa shape index (κ3) is 5.21. The zero-order valence-electron chi connectivity index (χ0n) is 17.7. The van der Waals surface area contributed by atoms with Crippen LogP contribution in [0.2, 0.25) is 0 Å². The van der Waals surface area contributed by atoms with E-state index in [0.29, 0.717) is 17.4 Å². The Labute approximate surface area is 174 Å². The van der Waals surface area contributed by atoms with Crippen LogP contribution in [0.1, 0.15) is 59.0 Å². The molecule has 4 rings (SSSR count). The maximum absolute atomic E-state index is 13.5. The molecule has 1 saturated carbocycles. The molecule has 1 aromatic heterocycles. The minimum Gasteiger partial charge on any atom is -0.338 e. The molecule has 1 atom stereocenters. The summed E-state index contributed by atoms with van der Waals surface area (Å²) in [5, 5.41) is 0. The first kappa shape index (κ1) is 20.0. The molecular weight excluding hydrogens is 360 g/mol. The summed E-state index contributed by atoms with van der Waals surface area (Å²) in [5.74, 6) is 2.02. The molecule has 2 aromatic rings. The Morgan fingerprint density at radius 2 is 2.00 bits per heavy atom. The maximum atomic E-state index is 13.5. The molecule has 1 aliphatic heterocycles. The molecule has 5 heteroatoms. The van der Waals surface area contributed by atoms with E-state index >= 15 is 0 Å². The third-order valence-corrected chi connectivity index (χ3v) is 6.17. The highest BCUT2D eigenvalue weighted by atomic mass is 16.2. The minimum atomic E-state index is 0.0778. The smallest absolute Gasteiger partial charge is 0.257 e. The summed E-state index contributed by atoms with van der Waals surface area (Å²) in [4.78, 5) is 27.1. The molecule has 0 radical (unpaired) electrons. The number of rotatable bonds is 7. The van der Waals surface area contributed by atoms with E-state index in [1.807, 2.05) is 17.9 Å². The summed E-state index contributed by atoms with van der Waals surface area (Å²) in [5.41, 5.74) is 2.74. The van der Waals surface area contributed by atoms with Gasteiger partial charge in [-0.3, -0.25) is 4.79 Å². The summed E-state index contributed by atoms with van der Waals surface area (Å²) >= 11 is 0. The highest BCUT2D eigenvalue weighted by Crippen LogP contribution is 2.38. The summed E-state index contributed by atoms with van der Waals surface area (Å²) in [6.07, 6.45) is 7.38. The summed E-state index contributed by atoms with van der Waals surface area (Å²) in [6.45, 7) is 5.70. The van der Waals surface area contributed by atoms with E-state index in [1.54, 1.807) is 6.20 Å². The number of aryl methyl sites for hydroxylation is 1. The van der Waals surface area contributed by atoms with Crippen molar-refractivity contribution >= 4 is 5.91 Å². The lowest BCUT2D eigenvalue weighted by molar-refractivity contribution is 0.0691. The quantitative estimate of drug-likeness (QED) is 0.721. The predicted molar refractivity (Wildman–Crippen MR) is 115 cm³/mol. The molecular formula is C24H32N4O. The Morgan fingerprint density at radius 1 is 1.21 bits per heavy atom. The molecule has 2 fully saturated rings. The maximum Gasteiger partial charge on any atom is 0.257 e. The number of nitrogens with zero attached hydrogens (tertiary/aromatic N) is 4. The number of hydrogen-bond acceptors (Lipinski definition) is 4. The molecule has 1 amide bonds. The van der Waals surface area contributed by atoms with Crippen LogP contribution in [-0.4, -0.2) is 58.9 Å². The highest BCUT2D eigenvalue weighted by molar-refractivity contribution is 5.95. The normalized spacial score (nSPS) is 19.9. The largest absolute Gasteiger partial charge is 0.338 e. The van der Waals surface area contributed by atoms with Crippen molar-refractivity contribution in [1.82, 2.24) is 19.8 Å². The Hall–Kier alpha value is -2.27. The monoisotopic (exact) mass is 392 g/mol. The van der Waals surface area contributed by atoms with Crippen LogP contribution in [0.5, 0.6) is 0 Å². The standard InChI is InChI=1S/C24H32N4O/c1-18-22(15-25-23(26-18)21-10-11-21)24(29)28(14-12-19-7-4-3-5-8-19)17-20-9-6-13-27(2)16-20/h3-5,7-8,15,20-21H,6,9-14,16-17H2,1-2H3/t20-/m1/s1. The number of hydrogen-bond donors (Lipinski definition) is 0. The fourth-order valence-corrected chi connectivity index (χ4v) is 4.32. The molecule has 29 heavy (non-hydrogen) atoms. The van der Waals surface area contributed by atoms with Gasteiger partial charge in [0.15, 0.2) is 0 Å². The van der Waals surface area contributed by atoms with E-state index in [2.05, 4.69) is 46.2 Å². The van der Waals surface area contributed by atoms with Gasteiger partial charge < -0.3 is 9.80 Å². The molecule has 1 saturated heterocycles. The van der Waals surface area contributed by atoms with E-state index in [1.165, 1.54) is 31.2 Å². The Bertz CT molecular complexity index is 834. The van der Waals surface area contributed by atoms with E-state index in [4.69, 9.17) is 0 Å². The summed E-state index contributed by atoms with van der Waals surface area (Å²) in [7, 11) is 2.18. The van der Waals surface area contributed by atoms with Gasteiger partial charge in [0.1, 0.15) is 5.82 Å². The molecule has 0 N–H and O–H groups in total. The van der Waals surface area contributed by atoms with Crippen LogP contribution >= 0.6 is 0 Å². The fraction of sp³-hybridized carbons (Fsp3) is 0.542. The van der Waals surface area contributed by atoms with Gasteiger partial charge in [-0.05, 0) is 64.1 Å². The third-order valence-electron chi connectivity index (χ3n) is 6.17. The number of aromatic nitrogens is 2. The molecule has 0 unspecified atom stereocenters. The molecule has 5 nitrogen and oxygen atoms in total. The Kier molecular flexibility index (Phi) is 6.24. The lowest BCUT2D eigenvalue weighted by Gasteiger charge is -2.34. The highest BCUT2D eigenvalue weighted by Gasteiger charge is 2.29. The van der Waals surface area contributed by atoms with E-state index in [-0.39, 0.29) is 5.91 Å². The zero-order chi connectivity index (χ0) is 20.2. The molecule has 1 aromatic carbocycles. The van der Waals surface area contributed by atoms with Crippen molar-refractivity contribution < 1.29 is 4.79 Å². The molecule has 2 aliphatic rings. The van der Waals surface area contributed by atoms with Gasteiger partial charge in [-0.2, -0.15) is 0 Å². The van der Waals surface area contributed by atoms with Gasteiger partial charge in [0.2, 0.25) is 0 Å². The van der Waals surface area contributed by atoms with Crippen molar-refractivity contribution in [1.29, 1.82) is 0 Å². The molecule has 2 heterocycles. The first-order valence-corrected chi connectivity index (χ1v) is 11.0. The first-order valence-electron chi connectivity index (χ1n) is 11.0. The van der Waals surface area contributed by atoms with Crippen LogP contribution in [0.3, 0.4) is 0 Å². The van der Waals surface area contributed by atoms with Crippen molar-refractivity contribution in [2.45, 2.75) is 44.9 Å². The second-order valence-corrected chi connectivity index (χ2v) is 8.76. The van der Waals surface area contributed by atoms with Crippen molar-refractivity contribution in [3.8, 4) is 0 Å². The average Bonchev–Trinajstić information content (AvgIpc) is 3.57. The van der Waals surface area contributed by atoms with E-state index in [0.717, 1.165) is 44.1 Å². The fourth-order valence-electron chi connectivity index (χ4n) is 4.32. The van der Waals surface area contributed by atoms with E-state index < -0.39 is 0 Å². The van der Waals surface area contributed by atoms with Gasteiger partial charge in [-0.1, -0.05) is 30.3 Å².